The molecule has 0 aliphatic carbocycles. The number of unbranched alkanes of at least 4 members (excludes halogenated alkanes) is 1. The van der Waals surface area contributed by atoms with Crippen molar-refractivity contribution < 1.29 is 13.3 Å². The van der Waals surface area contributed by atoms with E-state index in [4.69, 9.17) is 13.3 Å². The van der Waals surface area contributed by atoms with Gasteiger partial charge in [0.05, 0.1) is 0 Å². The summed E-state index contributed by atoms with van der Waals surface area (Å²) in [6, 6.07) is 0.867. The van der Waals surface area contributed by atoms with Crippen LogP contribution < -0.4 is 0 Å². The lowest BCUT2D eigenvalue weighted by Crippen LogP contribution is -2.42. The van der Waals surface area contributed by atoms with Crippen LogP contribution in [0.15, 0.2) is 0 Å². The summed E-state index contributed by atoms with van der Waals surface area (Å²) in [6.45, 7) is 0. The number of halogens is 1. The highest BCUT2D eigenvalue weighted by Crippen LogP contribution is 2.20. The van der Waals surface area contributed by atoms with Crippen LogP contribution in [0.2, 0.25) is 6.04 Å². The Hall–Kier alpha value is 0.927. The van der Waals surface area contributed by atoms with Crippen molar-refractivity contribution in [3.05, 3.63) is 0 Å². The molecule has 0 radical (unpaired) electrons. The molecule has 104 valence electrons. The normalized spacial score (nSPS) is 13.9. The predicted molar refractivity (Wildman–Crippen MR) is 81.2 cm³/mol. The lowest BCUT2D eigenvalue weighted by Gasteiger charge is -2.24. The molecular weight excluding hydrogens is 320 g/mol. The van der Waals surface area contributed by atoms with Gasteiger partial charge in [0.15, 0.2) is 0 Å². The zero-order valence-electron chi connectivity index (χ0n) is 11.1. The zero-order chi connectivity index (χ0) is 13.1. The van der Waals surface area contributed by atoms with Crippen LogP contribution in [-0.2, 0) is 13.3 Å². The fraction of sp³-hybridized carbons (Fsp3) is 1.00. The average Bonchev–Trinajstić information content (AvgIpc) is 2.36. The van der Waals surface area contributed by atoms with Gasteiger partial charge in [-0.25, -0.2) is 0 Å². The zero-order valence-corrected chi connectivity index (χ0v) is 14.6. The Kier molecular flexibility index (Phi) is 11.4. The monoisotopic (exact) mass is 344 g/mol. The Balaban J connectivity index is 3.73. The van der Waals surface area contributed by atoms with Gasteiger partial charge in [-0.2, -0.15) is 12.6 Å². The van der Waals surface area contributed by atoms with Gasteiger partial charge in [-0.15, -0.1) is 0 Å². The summed E-state index contributed by atoms with van der Waals surface area (Å²) in [6.07, 6.45) is 5.78. The molecule has 0 aromatic heterocycles. The Morgan fingerprint density at radius 1 is 1.00 bits per heavy atom. The third-order valence-corrected chi connectivity index (χ3v) is 6.78. The fourth-order valence-corrected chi connectivity index (χ4v) is 4.24. The molecule has 0 saturated carbocycles. The molecule has 1 unspecified atom stereocenters. The van der Waals surface area contributed by atoms with E-state index in [9.17, 15) is 0 Å². The third-order valence-electron chi connectivity index (χ3n) is 2.87. The molecule has 0 heterocycles. The molecule has 6 heteroatoms. The van der Waals surface area contributed by atoms with Gasteiger partial charge in [-0.1, -0.05) is 22.4 Å². The second-order valence-corrected chi connectivity index (χ2v) is 8.64. The van der Waals surface area contributed by atoms with E-state index in [0.29, 0.717) is 5.25 Å². The van der Waals surface area contributed by atoms with Crippen LogP contribution in [0.5, 0.6) is 0 Å². The molecule has 0 N–H and O–H groups in total. The Morgan fingerprint density at radius 2 is 1.53 bits per heavy atom. The van der Waals surface area contributed by atoms with Crippen LogP contribution >= 0.6 is 28.6 Å². The first-order chi connectivity index (χ1) is 8.14. The molecule has 0 aliphatic rings. The number of rotatable bonds is 11. The maximum atomic E-state index is 5.38. The summed E-state index contributed by atoms with van der Waals surface area (Å²) in [4.78, 5) is 0. The summed E-state index contributed by atoms with van der Waals surface area (Å²) in [5.74, 6) is 0. The van der Waals surface area contributed by atoms with Crippen molar-refractivity contribution in [3.63, 3.8) is 0 Å². The summed E-state index contributed by atoms with van der Waals surface area (Å²) < 4.78 is 16.1. The minimum Gasteiger partial charge on any atom is -0.377 e. The molecular formula is C11H25BrO3SSi. The lowest BCUT2D eigenvalue weighted by atomic mass is 10.1. The van der Waals surface area contributed by atoms with E-state index in [1.54, 1.807) is 21.3 Å². The highest BCUT2D eigenvalue weighted by atomic mass is 79.9. The van der Waals surface area contributed by atoms with Gasteiger partial charge >= 0.3 is 8.80 Å². The third kappa shape index (κ3) is 7.84. The molecule has 0 aliphatic heterocycles. The van der Waals surface area contributed by atoms with Gasteiger partial charge in [0.1, 0.15) is 0 Å². The molecule has 0 spiro atoms. The van der Waals surface area contributed by atoms with Crippen LogP contribution in [0.1, 0.15) is 32.1 Å². The van der Waals surface area contributed by atoms with Crippen molar-refractivity contribution in [2.24, 2.45) is 0 Å². The van der Waals surface area contributed by atoms with Gasteiger partial charge in [0.2, 0.25) is 0 Å². The summed E-state index contributed by atoms with van der Waals surface area (Å²) in [5, 5.41) is 1.56. The van der Waals surface area contributed by atoms with E-state index in [1.165, 1.54) is 19.3 Å². The molecule has 17 heavy (non-hydrogen) atoms. The molecule has 0 bridgehead atoms. The van der Waals surface area contributed by atoms with Crippen LogP contribution in [0.25, 0.3) is 0 Å². The summed E-state index contributed by atoms with van der Waals surface area (Å²) in [5.41, 5.74) is 0. The maximum Gasteiger partial charge on any atom is 0.500 e. The highest BCUT2D eigenvalue weighted by molar-refractivity contribution is 9.09. The Bertz CT molecular complexity index is 174. The topological polar surface area (TPSA) is 27.7 Å². The standard InChI is InChI=1S/C11H25BrO3SSi/c1-13-17(14-2,15-3)10-6-8-11(16)7-4-5-9-12/h11,16H,4-10H2,1-3H3. The summed E-state index contributed by atoms with van der Waals surface area (Å²) in [7, 11) is 2.62. The van der Waals surface area contributed by atoms with Crippen molar-refractivity contribution in [1.29, 1.82) is 0 Å². The van der Waals surface area contributed by atoms with Crippen molar-refractivity contribution in [2.45, 2.75) is 43.4 Å². The van der Waals surface area contributed by atoms with Crippen LogP contribution in [0.3, 0.4) is 0 Å². The van der Waals surface area contributed by atoms with Crippen LogP contribution in [-0.4, -0.2) is 40.7 Å². The minimum absolute atomic E-state index is 0.478. The van der Waals surface area contributed by atoms with E-state index in [1.807, 2.05) is 0 Å². The Labute approximate surface area is 121 Å². The number of hydrogen-bond donors (Lipinski definition) is 1. The van der Waals surface area contributed by atoms with Crippen molar-refractivity contribution >= 4 is 37.4 Å². The number of hydrogen-bond acceptors (Lipinski definition) is 4. The van der Waals surface area contributed by atoms with E-state index >= 15 is 0 Å². The van der Waals surface area contributed by atoms with Crippen LogP contribution in [0, 0.1) is 0 Å². The lowest BCUT2D eigenvalue weighted by molar-refractivity contribution is 0.123. The summed E-state index contributed by atoms with van der Waals surface area (Å²) >= 11 is 8.04. The van der Waals surface area contributed by atoms with E-state index in [0.717, 1.165) is 24.2 Å². The molecule has 0 rings (SSSR count). The van der Waals surface area contributed by atoms with Gasteiger partial charge < -0.3 is 13.3 Å². The molecule has 0 aromatic carbocycles. The Morgan fingerprint density at radius 3 is 2.00 bits per heavy atom. The first-order valence-corrected chi connectivity index (χ1v) is 9.60. The van der Waals surface area contributed by atoms with Crippen molar-refractivity contribution in [3.8, 4) is 0 Å². The van der Waals surface area contributed by atoms with E-state index in [-0.39, 0.29) is 0 Å². The van der Waals surface area contributed by atoms with Gasteiger partial charge in [0.25, 0.3) is 0 Å². The molecule has 1 atom stereocenters. The van der Waals surface area contributed by atoms with Crippen LogP contribution in [0.4, 0.5) is 0 Å². The average molecular weight is 345 g/mol. The number of alkyl halides is 1. The predicted octanol–water partition coefficient (Wildman–Crippen LogP) is 3.51. The fourth-order valence-electron chi connectivity index (χ4n) is 1.73. The molecule has 0 saturated heterocycles. The van der Waals surface area contributed by atoms with Crippen molar-refractivity contribution in [2.75, 3.05) is 26.7 Å². The van der Waals surface area contributed by atoms with Gasteiger partial charge in [0, 0.05) is 38.0 Å². The second kappa shape index (κ2) is 10.8. The van der Waals surface area contributed by atoms with Gasteiger partial charge in [-0.3, -0.25) is 0 Å². The smallest absolute Gasteiger partial charge is 0.377 e. The van der Waals surface area contributed by atoms with Crippen molar-refractivity contribution in [1.82, 2.24) is 0 Å². The SMILES string of the molecule is CO[Si](CCCC(S)CCCCBr)(OC)OC. The minimum atomic E-state index is -2.36. The van der Waals surface area contributed by atoms with E-state index < -0.39 is 8.80 Å². The first kappa shape index (κ1) is 17.9. The quantitative estimate of drug-likeness (QED) is 0.269. The first-order valence-electron chi connectivity index (χ1n) is 6.03. The highest BCUT2D eigenvalue weighted by Gasteiger charge is 2.36. The molecule has 0 fully saturated rings. The molecule has 0 aromatic rings. The largest absolute Gasteiger partial charge is 0.500 e. The second-order valence-electron chi connectivity index (χ2n) is 4.03. The molecule has 3 nitrogen and oxygen atoms in total. The maximum absolute atomic E-state index is 5.38. The number of thiol groups is 1. The van der Waals surface area contributed by atoms with Gasteiger partial charge in [-0.05, 0) is 25.7 Å². The molecule has 0 amide bonds. The van der Waals surface area contributed by atoms with E-state index in [2.05, 4.69) is 28.6 Å².